The highest BCUT2D eigenvalue weighted by Gasteiger charge is 2.31. The van der Waals surface area contributed by atoms with E-state index >= 15 is 0 Å². The average Bonchev–Trinajstić information content (AvgIpc) is 2.36. The first kappa shape index (κ1) is 20.1. The highest BCUT2D eigenvalue weighted by Crippen LogP contribution is 2.15. The fourth-order valence-corrected chi connectivity index (χ4v) is 2.74. The van der Waals surface area contributed by atoms with Gasteiger partial charge in [-0.3, -0.25) is 9.08 Å². The van der Waals surface area contributed by atoms with Crippen LogP contribution in [0.2, 0.25) is 0 Å². The topological polar surface area (TPSA) is 94.2 Å². The zero-order valence-corrected chi connectivity index (χ0v) is 15.3. The molecule has 0 unspecified atom stereocenters. The van der Waals surface area contributed by atoms with Crippen LogP contribution in [0.5, 0.6) is 0 Å². The highest BCUT2D eigenvalue weighted by atomic mass is 32.2. The number of hydrogen-bond donors (Lipinski definition) is 1. The van der Waals surface area contributed by atoms with Gasteiger partial charge in [-0.1, -0.05) is 0 Å². The van der Waals surface area contributed by atoms with E-state index in [1.165, 1.54) is 0 Å². The maximum absolute atomic E-state index is 11.9. The number of ether oxygens (including phenoxy) is 2. The molecule has 0 aromatic heterocycles. The van der Waals surface area contributed by atoms with Gasteiger partial charge < -0.3 is 14.8 Å². The lowest BCUT2D eigenvalue weighted by atomic mass is 10.0. The van der Waals surface area contributed by atoms with Crippen molar-refractivity contribution in [1.82, 2.24) is 10.2 Å². The first-order valence-corrected chi connectivity index (χ1v) is 9.41. The van der Waals surface area contributed by atoms with E-state index in [9.17, 15) is 13.2 Å². The number of amides is 1. The van der Waals surface area contributed by atoms with Crippen molar-refractivity contribution < 1.29 is 26.9 Å². The number of hydrogen-bond acceptors (Lipinski definition) is 7. The third-order valence-electron chi connectivity index (χ3n) is 3.35. The van der Waals surface area contributed by atoms with Crippen molar-refractivity contribution in [3.63, 3.8) is 0 Å². The Morgan fingerprint density at radius 2 is 2.00 bits per heavy atom. The molecule has 0 spiro atoms. The van der Waals surface area contributed by atoms with Crippen LogP contribution in [0.3, 0.4) is 0 Å². The van der Waals surface area contributed by atoms with Gasteiger partial charge >= 0.3 is 6.09 Å². The van der Waals surface area contributed by atoms with Crippen molar-refractivity contribution in [3.8, 4) is 0 Å². The van der Waals surface area contributed by atoms with Gasteiger partial charge in [0.15, 0.2) is 0 Å². The van der Waals surface area contributed by atoms with Gasteiger partial charge in [0.25, 0.3) is 10.1 Å². The number of piperidine rings is 1. The highest BCUT2D eigenvalue weighted by molar-refractivity contribution is 7.85. The van der Waals surface area contributed by atoms with Gasteiger partial charge in [-0.25, -0.2) is 4.79 Å². The van der Waals surface area contributed by atoms with E-state index in [1.54, 1.807) is 7.11 Å². The summed E-state index contributed by atoms with van der Waals surface area (Å²) < 4.78 is 37.4. The Morgan fingerprint density at radius 1 is 1.35 bits per heavy atom. The Labute approximate surface area is 138 Å². The monoisotopic (exact) mass is 352 g/mol. The van der Waals surface area contributed by atoms with Crippen LogP contribution in [0.15, 0.2) is 0 Å². The van der Waals surface area contributed by atoms with Crippen molar-refractivity contribution in [2.75, 3.05) is 39.6 Å². The molecule has 0 aliphatic carbocycles. The lowest BCUT2D eigenvalue weighted by molar-refractivity contribution is -0.00472. The summed E-state index contributed by atoms with van der Waals surface area (Å²) in [6.45, 7) is 7.34. The number of alkyl carbamates (subject to hydrolysis) is 1. The van der Waals surface area contributed by atoms with Crippen LogP contribution in [0.1, 0.15) is 27.2 Å². The minimum Gasteiger partial charge on any atom is -0.444 e. The number of nitrogens with one attached hydrogen (secondary N) is 1. The normalized spacial score (nSPS) is 23.5. The molecule has 2 atom stereocenters. The van der Waals surface area contributed by atoms with Crippen molar-refractivity contribution in [2.45, 2.75) is 44.9 Å². The van der Waals surface area contributed by atoms with E-state index in [-0.39, 0.29) is 18.8 Å². The number of nitrogens with zero attached hydrogens (tertiary/aromatic N) is 1. The lowest BCUT2D eigenvalue weighted by Gasteiger charge is -2.38. The molecule has 1 amide bonds. The molecule has 1 saturated heterocycles. The SMILES string of the molecule is CO[C@@H]1CN(CCOS(C)(=O)=O)CC[C@H]1NC(=O)OC(C)(C)C. The van der Waals surface area contributed by atoms with Crippen LogP contribution in [0.25, 0.3) is 0 Å². The number of methoxy groups -OCH3 is 1. The van der Waals surface area contributed by atoms with Crippen LogP contribution in [0, 0.1) is 0 Å². The molecule has 0 aromatic rings. The van der Waals surface area contributed by atoms with Gasteiger partial charge in [0, 0.05) is 26.7 Å². The van der Waals surface area contributed by atoms with Gasteiger partial charge in [0.1, 0.15) is 5.60 Å². The Kier molecular flexibility index (Phi) is 7.25. The molecule has 0 bridgehead atoms. The molecule has 0 aromatic carbocycles. The predicted molar refractivity (Wildman–Crippen MR) is 85.8 cm³/mol. The van der Waals surface area contributed by atoms with E-state index in [0.29, 0.717) is 26.1 Å². The molecule has 1 fully saturated rings. The van der Waals surface area contributed by atoms with Crippen LogP contribution < -0.4 is 5.32 Å². The Bertz CT molecular complexity index is 488. The predicted octanol–water partition coefficient (Wildman–Crippen LogP) is 0.577. The standard InChI is InChI=1S/C14H28N2O6S/c1-14(2,3)22-13(17)15-11-6-7-16(10-12(11)20-4)8-9-21-23(5,18)19/h11-12H,6-10H2,1-5H3,(H,15,17)/t11-,12-/m1/s1. The zero-order valence-electron chi connectivity index (χ0n) is 14.5. The van der Waals surface area contributed by atoms with Gasteiger partial charge in [-0.15, -0.1) is 0 Å². The molecule has 0 radical (unpaired) electrons. The summed E-state index contributed by atoms with van der Waals surface area (Å²) in [4.78, 5) is 13.9. The molecule has 1 rings (SSSR count). The summed E-state index contributed by atoms with van der Waals surface area (Å²) in [5.41, 5.74) is -0.545. The minimum atomic E-state index is -3.42. The van der Waals surface area contributed by atoms with Crippen LogP contribution >= 0.6 is 0 Å². The quantitative estimate of drug-likeness (QED) is 0.699. The summed E-state index contributed by atoms with van der Waals surface area (Å²) >= 11 is 0. The fraction of sp³-hybridized carbons (Fsp3) is 0.929. The summed E-state index contributed by atoms with van der Waals surface area (Å²) in [5, 5.41) is 2.84. The Hall–Kier alpha value is -0.900. The Balaban J connectivity index is 2.44. The van der Waals surface area contributed by atoms with Crippen LogP contribution in [0.4, 0.5) is 4.79 Å². The maximum Gasteiger partial charge on any atom is 0.407 e. The average molecular weight is 352 g/mol. The first-order chi connectivity index (χ1) is 10.5. The van der Waals surface area contributed by atoms with Crippen molar-refractivity contribution in [1.29, 1.82) is 0 Å². The van der Waals surface area contributed by atoms with Gasteiger partial charge in [-0.2, -0.15) is 8.42 Å². The fourth-order valence-electron chi connectivity index (χ4n) is 2.36. The summed E-state index contributed by atoms with van der Waals surface area (Å²) in [5.74, 6) is 0. The molecule has 1 aliphatic rings. The van der Waals surface area contributed by atoms with Crippen molar-refractivity contribution >= 4 is 16.2 Å². The molecule has 0 saturated carbocycles. The van der Waals surface area contributed by atoms with E-state index in [2.05, 4.69) is 5.32 Å². The summed E-state index contributed by atoms with van der Waals surface area (Å²) in [7, 11) is -1.83. The van der Waals surface area contributed by atoms with E-state index in [4.69, 9.17) is 13.7 Å². The second kappa shape index (κ2) is 8.27. The lowest BCUT2D eigenvalue weighted by Crippen LogP contribution is -2.55. The second-order valence-electron chi connectivity index (χ2n) is 6.64. The maximum atomic E-state index is 11.9. The third kappa shape index (κ3) is 8.50. The van der Waals surface area contributed by atoms with Crippen LogP contribution in [-0.2, 0) is 23.8 Å². The smallest absolute Gasteiger partial charge is 0.407 e. The van der Waals surface area contributed by atoms with E-state index in [0.717, 1.165) is 6.26 Å². The molecular formula is C14H28N2O6S. The number of carbonyl (C=O) groups is 1. The summed E-state index contributed by atoms with van der Waals surface area (Å²) in [6.07, 6.45) is 1.08. The number of likely N-dealkylation sites (tertiary alicyclic amines) is 1. The summed E-state index contributed by atoms with van der Waals surface area (Å²) in [6, 6.07) is -0.137. The molecule has 1 heterocycles. The molecule has 1 aliphatic heterocycles. The van der Waals surface area contributed by atoms with E-state index in [1.807, 2.05) is 25.7 Å². The van der Waals surface area contributed by atoms with Gasteiger partial charge in [0.2, 0.25) is 0 Å². The van der Waals surface area contributed by atoms with Gasteiger partial charge in [-0.05, 0) is 27.2 Å². The molecule has 1 N–H and O–H groups in total. The zero-order chi connectivity index (χ0) is 17.7. The molecule has 136 valence electrons. The van der Waals surface area contributed by atoms with Crippen LogP contribution in [-0.4, -0.2) is 76.8 Å². The second-order valence-corrected chi connectivity index (χ2v) is 8.29. The Morgan fingerprint density at radius 3 is 2.52 bits per heavy atom. The minimum absolute atomic E-state index is 0.111. The molecule has 23 heavy (non-hydrogen) atoms. The largest absolute Gasteiger partial charge is 0.444 e. The third-order valence-corrected chi connectivity index (χ3v) is 3.95. The molecule has 9 heteroatoms. The number of carbonyl (C=O) groups excluding carboxylic acids is 1. The van der Waals surface area contributed by atoms with Crippen molar-refractivity contribution in [3.05, 3.63) is 0 Å². The van der Waals surface area contributed by atoms with E-state index < -0.39 is 21.8 Å². The molecular weight excluding hydrogens is 324 g/mol. The molecule has 8 nitrogen and oxygen atoms in total. The first-order valence-electron chi connectivity index (χ1n) is 7.59. The number of rotatable bonds is 6. The van der Waals surface area contributed by atoms with Crippen molar-refractivity contribution in [2.24, 2.45) is 0 Å². The van der Waals surface area contributed by atoms with Gasteiger partial charge in [0.05, 0.1) is 25.0 Å².